The van der Waals surface area contributed by atoms with Crippen LogP contribution < -0.4 is 10.6 Å². The number of methoxy groups -OCH3 is 1. The number of hydrogen-bond acceptors (Lipinski definition) is 6. The van der Waals surface area contributed by atoms with E-state index < -0.39 is 0 Å². The van der Waals surface area contributed by atoms with Crippen LogP contribution in [-0.4, -0.2) is 52.5 Å². The molecule has 0 spiro atoms. The van der Waals surface area contributed by atoms with Crippen molar-refractivity contribution >= 4 is 22.8 Å². The monoisotopic (exact) mass is 292 g/mol. The van der Waals surface area contributed by atoms with E-state index in [0.717, 1.165) is 16.9 Å². The fourth-order valence-electron chi connectivity index (χ4n) is 1.90. The first-order valence-electron chi connectivity index (χ1n) is 6.92. The molecule has 0 aliphatic carbocycles. The summed E-state index contributed by atoms with van der Waals surface area (Å²) in [5, 5.41) is 11.2. The van der Waals surface area contributed by atoms with Crippen molar-refractivity contribution in [3.63, 3.8) is 0 Å². The van der Waals surface area contributed by atoms with Gasteiger partial charge in [-0.2, -0.15) is 5.10 Å². The van der Waals surface area contributed by atoms with Gasteiger partial charge in [0.1, 0.15) is 12.1 Å². The molecule has 0 unspecified atom stereocenters. The Kier molecular flexibility index (Phi) is 5.44. The van der Waals surface area contributed by atoms with Gasteiger partial charge in [0.2, 0.25) is 5.91 Å². The third kappa shape index (κ3) is 3.88. The maximum atomic E-state index is 11.2. The lowest BCUT2D eigenvalue weighted by Crippen LogP contribution is -2.26. The Balaban J connectivity index is 2.05. The highest BCUT2D eigenvalue weighted by molar-refractivity contribution is 5.86. The average Bonchev–Trinajstić information content (AvgIpc) is 2.91. The van der Waals surface area contributed by atoms with E-state index in [4.69, 9.17) is 4.74 Å². The van der Waals surface area contributed by atoms with Crippen molar-refractivity contribution in [1.82, 2.24) is 25.1 Å². The van der Waals surface area contributed by atoms with Crippen molar-refractivity contribution in [1.29, 1.82) is 0 Å². The third-order valence-electron chi connectivity index (χ3n) is 3.00. The van der Waals surface area contributed by atoms with Crippen LogP contribution >= 0.6 is 0 Å². The lowest BCUT2D eigenvalue weighted by molar-refractivity contribution is -0.120. The second-order valence-electron chi connectivity index (χ2n) is 4.45. The zero-order valence-electron chi connectivity index (χ0n) is 12.3. The molecule has 0 saturated heterocycles. The molecule has 2 N–H and O–H groups in total. The summed E-state index contributed by atoms with van der Waals surface area (Å²) in [5.41, 5.74) is 0.746. The quantitative estimate of drug-likeness (QED) is 0.684. The summed E-state index contributed by atoms with van der Waals surface area (Å²) < 4.78 is 6.76. The second-order valence-corrected chi connectivity index (χ2v) is 4.45. The summed E-state index contributed by atoms with van der Waals surface area (Å²) in [7, 11) is 1.65. The highest BCUT2D eigenvalue weighted by Crippen LogP contribution is 2.17. The number of anilines is 1. The minimum absolute atomic E-state index is 0.0306. The molecule has 0 saturated carbocycles. The first-order valence-corrected chi connectivity index (χ1v) is 6.92. The van der Waals surface area contributed by atoms with Crippen LogP contribution in [0.1, 0.15) is 13.3 Å². The number of amides is 1. The average molecular weight is 292 g/mol. The maximum Gasteiger partial charge on any atom is 0.219 e. The summed E-state index contributed by atoms with van der Waals surface area (Å²) in [6, 6.07) is 0. The molecule has 2 aromatic rings. The van der Waals surface area contributed by atoms with E-state index in [-0.39, 0.29) is 5.91 Å². The SMILES string of the molecule is CCC(=O)NCCn1ncc2c(NCCOC)ncnc21. The number of ether oxygens (including phenoxy) is 1. The van der Waals surface area contributed by atoms with E-state index in [1.165, 1.54) is 6.33 Å². The van der Waals surface area contributed by atoms with E-state index in [9.17, 15) is 4.79 Å². The van der Waals surface area contributed by atoms with Gasteiger partial charge in [0.25, 0.3) is 0 Å². The zero-order chi connectivity index (χ0) is 15.1. The maximum absolute atomic E-state index is 11.2. The van der Waals surface area contributed by atoms with Gasteiger partial charge in [0.15, 0.2) is 5.65 Å². The minimum Gasteiger partial charge on any atom is -0.383 e. The molecular formula is C13H20N6O2. The fourth-order valence-corrected chi connectivity index (χ4v) is 1.90. The largest absolute Gasteiger partial charge is 0.383 e. The van der Waals surface area contributed by atoms with Crippen molar-refractivity contribution in [2.45, 2.75) is 19.9 Å². The predicted octanol–water partition coefficient (Wildman–Crippen LogP) is 0.411. The van der Waals surface area contributed by atoms with Crippen molar-refractivity contribution in [2.75, 3.05) is 32.1 Å². The number of nitrogens with one attached hydrogen (secondary N) is 2. The lowest BCUT2D eigenvalue weighted by atomic mass is 10.4. The van der Waals surface area contributed by atoms with E-state index in [0.29, 0.717) is 32.7 Å². The second kappa shape index (κ2) is 7.53. The molecule has 0 fully saturated rings. The van der Waals surface area contributed by atoms with Crippen LogP contribution in [0.4, 0.5) is 5.82 Å². The number of nitrogens with zero attached hydrogens (tertiary/aromatic N) is 4. The molecule has 2 heterocycles. The molecule has 8 nitrogen and oxygen atoms in total. The molecule has 0 radical (unpaired) electrons. The molecule has 114 valence electrons. The summed E-state index contributed by atoms with van der Waals surface area (Å²) in [5.74, 6) is 0.768. The van der Waals surface area contributed by atoms with Crippen molar-refractivity contribution in [2.24, 2.45) is 0 Å². The number of carbonyl (C=O) groups is 1. The van der Waals surface area contributed by atoms with Gasteiger partial charge in [-0.25, -0.2) is 14.6 Å². The van der Waals surface area contributed by atoms with Crippen LogP contribution in [0.2, 0.25) is 0 Å². The van der Waals surface area contributed by atoms with Crippen molar-refractivity contribution in [3.8, 4) is 0 Å². The predicted molar refractivity (Wildman–Crippen MR) is 79.0 cm³/mol. The molecule has 2 aromatic heterocycles. The van der Waals surface area contributed by atoms with Gasteiger partial charge in [0.05, 0.1) is 24.7 Å². The number of fused-ring (bicyclic) bond motifs is 1. The Labute approximate surface area is 122 Å². The molecular weight excluding hydrogens is 272 g/mol. The van der Waals surface area contributed by atoms with Crippen LogP contribution in [0.3, 0.4) is 0 Å². The molecule has 1 amide bonds. The van der Waals surface area contributed by atoms with E-state index >= 15 is 0 Å². The topological polar surface area (TPSA) is 94.0 Å². The van der Waals surface area contributed by atoms with Crippen LogP contribution in [0, 0.1) is 0 Å². The smallest absolute Gasteiger partial charge is 0.219 e. The minimum atomic E-state index is 0.0306. The van der Waals surface area contributed by atoms with E-state index in [2.05, 4.69) is 25.7 Å². The number of rotatable bonds is 8. The number of hydrogen-bond donors (Lipinski definition) is 2. The fraction of sp³-hybridized carbons (Fsp3) is 0.538. The normalized spacial score (nSPS) is 10.8. The molecule has 0 atom stereocenters. The summed E-state index contributed by atoms with van der Waals surface area (Å²) >= 11 is 0. The Morgan fingerprint density at radius 2 is 2.24 bits per heavy atom. The van der Waals surface area contributed by atoms with Crippen LogP contribution in [0.5, 0.6) is 0 Å². The van der Waals surface area contributed by atoms with Crippen LogP contribution in [0.15, 0.2) is 12.5 Å². The summed E-state index contributed by atoms with van der Waals surface area (Å²) in [6.07, 6.45) is 3.71. The lowest BCUT2D eigenvalue weighted by Gasteiger charge is -2.07. The zero-order valence-corrected chi connectivity index (χ0v) is 12.3. The van der Waals surface area contributed by atoms with Gasteiger partial charge in [-0.3, -0.25) is 4.79 Å². The third-order valence-corrected chi connectivity index (χ3v) is 3.00. The Morgan fingerprint density at radius 3 is 3.00 bits per heavy atom. The first kappa shape index (κ1) is 15.2. The molecule has 2 rings (SSSR count). The summed E-state index contributed by atoms with van der Waals surface area (Å²) in [6.45, 7) is 4.19. The molecule has 8 heteroatoms. The highest BCUT2D eigenvalue weighted by atomic mass is 16.5. The first-order chi connectivity index (χ1) is 10.3. The van der Waals surface area contributed by atoms with Crippen molar-refractivity contribution < 1.29 is 9.53 Å². The van der Waals surface area contributed by atoms with Gasteiger partial charge < -0.3 is 15.4 Å². The molecule has 0 aromatic carbocycles. The van der Waals surface area contributed by atoms with E-state index in [1.807, 2.05) is 6.92 Å². The molecule has 21 heavy (non-hydrogen) atoms. The molecule has 0 bridgehead atoms. The van der Waals surface area contributed by atoms with E-state index in [1.54, 1.807) is 18.0 Å². The molecule has 0 aliphatic heterocycles. The van der Waals surface area contributed by atoms with Crippen LogP contribution in [-0.2, 0) is 16.1 Å². The van der Waals surface area contributed by atoms with Gasteiger partial charge in [0, 0.05) is 26.6 Å². The Hall–Kier alpha value is -2.22. The summed E-state index contributed by atoms with van der Waals surface area (Å²) in [4.78, 5) is 19.7. The Bertz CT molecular complexity index is 597. The van der Waals surface area contributed by atoms with Gasteiger partial charge >= 0.3 is 0 Å². The van der Waals surface area contributed by atoms with Gasteiger partial charge in [-0.1, -0.05) is 6.92 Å². The highest BCUT2D eigenvalue weighted by Gasteiger charge is 2.09. The standard InChI is InChI=1S/C13H20N6O2/c1-3-11(20)14-4-6-19-13-10(8-18-19)12(16-9-17-13)15-5-7-21-2/h8-9H,3-7H2,1-2H3,(H,14,20)(H,15,16,17). The molecule has 0 aliphatic rings. The van der Waals surface area contributed by atoms with Crippen molar-refractivity contribution in [3.05, 3.63) is 12.5 Å². The van der Waals surface area contributed by atoms with Gasteiger partial charge in [-0.05, 0) is 0 Å². The van der Waals surface area contributed by atoms with Gasteiger partial charge in [-0.15, -0.1) is 0 Å². The Morgan fingerprint density at radius 1 is 1.38 bits per heavy atom. The number of aromatic nitrogens is 4. The van der Waals surface area contributed by atoms with Crippen LogP contribution in [0.25, 0.3) is 11.0 Å². The number of carbonyl (C=O) groups excluding carboxylic acids is 1.